The molecule has 3 aromatic carbocycles. The summed E-state index contributed by atoms with van der Waals surface area (Å²) < 4.78 is 9.51. The van der Waals surface area contributed by atoms with Crippen molar-refractivity contribution in [3.8, 4) is 0 Å². The molecule has 3 saturated heterocycles. The van der Waals surface area contributed by atoms with Crippen molar-refractivity contribution in [2.24, 2.45) is 11.8 Å². The number of amides is 6. The maximum Gasteiger partial charge on any atom is 0.407 e. The van der Waals surface area contributed by atoms with Gasteiger partial charge >= 0.3 is 12.2 Å². The molecule has 3 aliphatic rings. The van der Waals surface area contributed by atoms with Gasteiger partial charge < -0.3 is 45.4 Å². The Morgan fingerprint density at radius 3 is 1.33 bits per heavy atom. The highest BCUT2D eigenvalue weighted by Crippen LogP contribution is 2.47. The Bertz CT molecular complexity index is 2090. The largest absolute Gasteiger partial charge is 0.453 e. The zero-order chi connectivity index (χ0) is 48.6. The molecule has 4 N–H and O–H groups in total. The number of benzene rings is 3. The summed E-state index contributed by atoms with van der Waals surface area (Å²) in [6.07, 6.45) is 2.80. The average Bonchev–Trinajstić information content (AvgIpc) is 4.13. The number of nitrogens with one attached hydrogen (secondary N) is 4. The third kappa shape index (κ3) is 11.5. The van der Waals surface area contributed by atoms with E-state index in [2.05, 4.69) is 95.1 Å². The standard InChI is InChI=1S/C51H71N7O8Si/c1-10-67(9,11-2)39-26-24-38(25-27-39)58-40(34-16-20-36(21-17-34)52-46(59)42-14-12-30-56(42)48(61)44(32(3)4)54-50(63)65-7)28-29-41(58)35-18-22-37(23-19-35)53-47(60)43-15-13-31-57(43)49(62)45(33(5)6)55-51(64)66-8/h16-27,32-33,40-45H,10-15,28-31H2,1-9H3,(H,52,59)(H,53,60)(H,54,63)(H,55,64)/t40-,41-,42-,43-,44-,45-/m0/s1. The maximum absolute atomic E-state index is 13.7. The molecule has 3 aromatic rings. The summed E-state index contributed by atoms with van der Waals surface area (Å²) in [6.45, 7) is 15.3. The van der Waals surface area contributed by atoms with E-state index in [9.17, 15) is 28.8 Å². The first kappa shape index (κ1) is 50.5. The number of carbonyl (C=O) groups is 6. The fraction of sp³-hybridized carbons (Fsp3) is 0.529. The summed E-state index contributed by atoms with van der Waals surface area (Å²) >= 11 is 0. The quantitative estimate of drug-likeness (QED) is 0.105. The number of rotatable bonds is 16. The Labute approximate surface area is 397 Å². The molecule has 3 heterocycles. The van der Waals surface area contributed by atoms with Crippen LogP contribution in [0.25, 0.3) is 0 Å². The van der Waals surface area contributed by atoms with E-state index in [4.69, 9.17) is 9.47 Å². The normalized spacial score (nSPS) is 20.4. The highest BCUT2D eigenvalue weighted by molar-refractivity contribution is 6.90. The molecule has 0 bridgehead atoms. The first-order chi connectivity index (χ1) is 32.0. The van der Waals surface area contributed by atoms with Crippen molar-refractivity contribution in [3.05, 3.63) is 83.9 Å². The van der Waals surface area contributed by atoms with Gasteiger partial charge in [0.15, 0.2) is 0 Å². The summed E-state index contributed by atoms with van der Waals surface area (Å²) in [5.41, 5.74) is 4.61. The number of ether oxygens (including phenoxy) is 2. The highest BCUT2D eigenvalue weighted by Gasteiger charge is 2.41. The number of nitrogens with zero attached hydrogens (tertiary/aromatic N) is 3. The highest BCUT2D eigenvalue weighted by atomic mass is 28.3. The van der Waals surface area contributed by atoms with E-state index in [1.807, 2.05) is 52.0 Å². The number of anilines is 3. The maximum atomic E-state index is 13.7. The Kier molecular flexibility index (Phi) is 16.8. The van der Waals surface area contributed by atoms with Crippen molar-refractivity contribution in [2.75, 3.05) is 42.8 Å². The van der Waals surface area contributed by atoms with Gasteiger partial charge in [0.25, 0.3) is 0 Å². The van der Waals surface area contributed by atoms with Crippen LogP contribution in [0.15, 0.2) is 72.8 Å². The Hall–Kier alpha value is -5.90. The molecule has 0 spiro atoms. The second kappa shape index (κ2) is 22.3. The van der Waals surface area contributed by atoms with Crippen LogP contribution in [0.2, 0.25) is 18.6 Å². The fourth-order valence-corrected chi connectivity index (χ4v) is 12.2. The molecule has 362 valence electrons. The minimum Gasteiger partial charge on any atom is -0.453 e. The van der Waals surface area contributed by atoms with Crippen LogP contribution in [0, 0.1) is 11.8 Å². The van der Waals surface area contributed by atoms with E-state index in [0.717, 1.165) is 29.7 Å². The molecule has 0 unspecified atom stereocenters. The second-order valence-electron chi connectivity index (χ2n) is 19.1. The predicted octanol–water partition coefficient (Wildman–Crippen LogP) is 7.72. The lowest BCUT2D eigenvalue weighted by atomic mass is 10.0. The van der Waals surface area contributed by atoms with Gasteiger partial charge in [-0.05, 0) is 97.9 Å². The number of hydrogen-bond acceptors (Lipinski definition) is 9. The zero-order valence-electron chi connectivity index (χ0n) is 40.7. The summed E-state index contributed by atoms with van der Waals surface area (Å²) in [4.78, 5) is 84.4. The van der Waals surface area contributed by atoms with Crippen molar-refractivity contribution in [1.29, 1.82) is 0 Å². The lowest BCUT2D eigenvalue weighted by Crippen LogP contribution is -2.54. The van der Waals surface area contributed by atoms with Gasteiger partial charge in [-0.25, -0.2) is 9.59 Å². The number of likely N-dealkylation sites (tertiary alicyclic amines) is 2. The molecular formula is C51H71N7O8Si. The van der Waals surface area contributed by atoms with Crippen molar-refractivity contribution in [1.82, 2.24) is 20.4 Å². The van der Waals surface area contributed by atoms with Crippen LogP contribution in [-0.4, -0.2) is 105 Å². The third-order valence-corrected chi connectivity index (χ3v) is 19.2. The molecule has 6 atom stereocenters. The van der Waals surface area contributed by atoms with Gasteiger partial charge in [0, 0.05) is 30.2 Å². The predicted molar refractivity (Wildman–Crippen MR) is 264 cm³/mol. The van der Waals surface area contributed by atoms with E-state index >= 15 is 0 Å². The Morgan fingerprint density at radius 1 is 0.597 bits per heavy atom. The van der Waals surface area contributed by atoms with Gasteiger partial charge in [-0.3, -0.25) is 19.2 Å². The number of carbonyl (C=O) groups excluding carboxylic acids is 6. The van der Waals surface area contributed by atoms with Gasteiger partial charge in [-0.15, -0.1) is 0 Å². The van der Waals surface area contributed by atoms with Crippen molar-refractivity contribution >= 4 is 66.1 Å². The lowest BCUT2D eigenvalue weighted by Gasteiger charge is -2.34. The Morgan fingerprint density at radius 2 is 0.985 bits per heavy atom. The summed E-state index contributed by atoms with van der Waals surface area (Å²) in [6, 6.07) is 24.6. The fourth-order valence-electron chi connectivity index (χ4n) is 9.91. The van der Waals surface area contributed by atoms with E-state index < -0.39 is 44.4 Å². The van der Waals surface area contributed by atoms with E-state index in [0.29, 0.717) is 50.1 Å². The van der Waals surface area contributed by atoms with Gasteiger partial charge in [0.1, 0.15) is 24.2 Å². The van der Waals surface area contributed by atoms with Crippen molar-refractivity contribution < 1.29 is 38.2 Å². The van der Waals surface area contributed by atoms with Crippen LogP contribution in [0.3, 0.4) is 0 Å². The van der Waals surface area contributed by atoms with Gasteiger partial charge in [-0.1, -0.05) is 102 Å². The number of hydrogen-bond donors (Lipinski definition) is 4. The first-order valence-corrected chi connectivity index (χ1v) is 27.0. The molecular weight excluding hydrogens is 867 g/mol. The monoisotopic (exact) mass is 938 g/mol. The van der Waals surface area contributed by atoms with Gasteiger partial charge in [0.2, 0.25) is 23.6 Å². The minimum atomic E-state index is -1.59. The van der Waals surface area contributed by atoms with Crippen molar-refractivity contribution in [2.45, 2.75) is 135 Å². The average molecular weight is 938 g/mol. The molecule has 6 rings (SSSR count). The molecule has 3 aliphatic heterocycles. The molecule has 15 nitrogen and oxygen atoms in total. The van der Waals surface area contributed by atoms with Gasteiger partial charge in [0.05, 0.1) is 34.4 Å². The minimum absolute atomic E-state index is 0.0356. The van der Waals surface area contributed by atoms with E-state index in [1.165, 1.54) is 31.5 Å². The molecule has 0 aliphatic carbocycles. The second-order valence-corrected chi connectivity index (χ2v) is 24.3. The van der Waals surface area contributed by atoms with Crippen LogP contribution in [0.4, 0.5) is 26.7 Å². The SMILES string of the molecule is CC[Si](C)(CC)c1ccc(N2[C@H](c3ccc(NC(=O)[C@@H]4CCCN4C(=O)[C@@H](NC(=O)OC)C(C)C)cc3)CC[C@H]2c2ccc(NC(=O)[C@@H]3CCCN3C(=O)[C@@H](NC(=O)OC)C(C)C)cc2)cc1. The third-order valence-electron chi connectivity index (χ3n) is 14.4. The summed E-state index contributed by atoms with van der Waals surface area (Å²) in [7, 11) is 0.918. The van der Waals surface area contributed by atoms with Crippen LogP contribution in [0.5, 0.6) is 0 Å². The smallest absolute Gasteiger partial charge is 0.407 e. The molecule has 6 amide bonds. The van der Waals surface area contributed by atoms with E-state index in [-0.39, 0.29) is 47.5 Å². The molecule has 0 saturated carbocycles. The van der Waals surface area contributed by atoms with Crippen molar-refractivity contribution in [3.63, 3.8) is 0 Å². The first-order valence-electron chi connectivity index (χ1n) is 24.0. The van der Waals surface area contributed by atoms with Crippen LogP contribution >= 0.6 is 0 Å². The molecule has 67 heavy (non-hydrogen) atoms. The molecule has 3 fully saturated rings. The number of methoxy groups -OCH3 is 2. The summed E-state index contributed by atoms with van der Waals surface area (Å²) in [5, 5.41) is 12.8. The molecule has 0 aromatic heterocycles. The topological polar surface area (TPSA) is 179 Å². The van der Waals surface area contributed by atoms with Crippen LogP contribution < -0.4 is 31.4 Å². The Balaban J connectivity index is 1.19. The summed E-state index contributed by atoms with van der Waals surface area (Å²) in [5.74, 6) is -1.53. The molecule has 0 radical (unpaired) electrons. The number of alkyl carbamates (subject to hydrolysis) is 2. The van der Waals surface area contributed by atoms with Crippen LogP contribution in [0.1, 0.15) is 103 Å². The molecule has 16 heteroatoms. The lowest BCUT2D eigenvalue weighted by molar-refractivity contribution is -0.139. The zero-order valence-corrected chi connectivity index (χ0v) is 41.7. The van der Waals surface area contributed by atoms with Gasteiger partial charge in [-0.2, -0.15) is 0 Å². The van der Waals surface area contributed by atoms with E-state index in [1.54, 1.807) is 9.80 Å². The van der Waals surface area contributed by atoms with Crippen LogP contribution in [-0.2, 0) is 28.7 Å².